The molecule has 0 aliphatic rings. The molecule has 2 nitrogen and oxygen atoms in total. The average Bonchev–Trinajstić information content (AvgIpc) is 2.47. The Hall–Kier alpha value is -1.87. The number of nitrogens with two attached hydrogens (primary N) is 1. The second-order valence-corrected chi connectivity index (χ2v) is 5.03. The normalized spacial score (nSPS) is 10.6. The molecule has 0 saturated carbocycles. The van der Waals surface area contributed by atoms with E-state index in [4.69, 9.17) is 5.73 Å². The van der Waals surface area contributed by atoms with Crippen LogP contribution in [-0.4, -0.2) is 13.6 Å². The molecule has 0 saturated heterocycles. The van der Waals surface area contributed by atoms with Crippen LogP contribution in [0, 0.1) is 5.82 Å². The molecule has 2 rings (SSSR count). The van der Waals surface area contributed by atoms with Crippen LogP contribution in [0.5, 0.6) is 0 Å². The number of aryl methyl sites for hydroxylation is 1. The van der Waals surface area contributed by atoms with Crippen LogP contribution in [0.2, 0.25) is 0 Å². The molecular weight excluding hydrogens is 251 g/mol. The Morgan fingerprint density at radius 3 is 2.50 bits per heavy atom. The summed E-state index contributed by atoms with van der Waals surface area (Å²) >= 11 is 0. The summed E-state index contributed by atoms with van der Waals surface area (Å²) in [5.74, 6) is -0.224. The van der Waals surface area contributed by atoms with Gasteiger partial charge in [-0.15, -0.1) is 0 Å². The van der Waals surface area contributed by atoms with Crippen molar-refractivity contribution in [3.63, 3.8) is 0 Å². The molecule has 0 fully saturated rings. The quantitative estimate of drug-likeness (QED) is 0.873. The first-order valence-corrected chi connectivity index (χ1v) is 6.93. The molecular formula is C17H21FN2. The van der Waals surface area contributed by atoms with E-state index in [1.165, 1.54) is 11.6 Å². The second-order valence-electron chi connectivity index (χ2n) is 5.03. The van der Waals surface area contributed by atoms with E-state index in [0.29, 0.717) is 6.54 Å². The predicted octanol–water partition coefficient (Wildman–Crippen LogP) is 3.35. The van der Waals surface area contributed by atoms with E-state index in [0.717, 1.165) is 30.6 Å². The van der Waals surface area contributed by atoms with Gasteiger partial charge in [-0.3, -0.25) is 0 Å². The van der Waals surface area contributed by atoms with Gasteiger partial charge in [-0.05, 0) is 42.2 Å². The van der Waals surface area contributed by atoms with E-state index in [2.05, 4.69) is 29.2 Å². The van der Waals surface area contributed by atoms with E-state index in [9.17, 15) is 4.39 Å². The molecule has 0 amide bonds. The number of nitrogens with zero attached hydrogens (tertiary/aromatic N) is 1. The third-order valence-electron chi connectivity index (χ3n) is 3.42. The molecule has 0 aliphatic heterocycles. The summed E-state index contributed by atoms with van der Waals surface area (Å²) in [5.41, 5.74) is 8.63. The van der Waals surface area contributed by atoms with Gasteiger partial charge in [-0.25, -0.2) is 4.39 Å². The van der Waals surface area contributed by atoms with Crippen LogP contribution in [0.4, 0.5) is 10.1 Å². The molecule has 0 spiro atoms. The van der Waals surface area contributed by atoms with E-state index in [-0.39, 0.29) is 5.82 Å². The Labute approximate surface area is 120 Å². The van der Waals surface area contributed by atoms with Gasteiger partial charge in [0.05, 0.1) is 0 Å². The highest BCUT2D eigenvalue weighted by Crippen LogP contribution is 2.18. The van der Waals surface area contributed by atoms with E-state index < -0.39 is 0 Å². The van der Waals surface area contributed by atoms with Crippen LogP contribution in [0.25, 0.3) is 0 Å². The molecule has 20 heavy (non-hydrogen) atoms. The van der Waals surface area contributed by atoms with Crippen molar-refractivity contribution in [3.05, 3.63) is 65.5 Å². The zero-order valence-electron chi connectivity index (χ0n) is 11.8. The number of anilines is 1. The summed E-state index contributed by atoms with van der Waals surface area (Å²) in [6.45, 7) is 1.25. The highest BCUT2D eigenvalue weighted by atomic mass is 19.1. The number of rotatable bonds is 6. The maximum atomic E-state index is 13.5. The maximum absolute atomic E-state index is 13.5. The standard InChI is InChI=1S/C17H21FN2/c1-20(9-5-8-14-6-3-2-4-7-14)17-11-15(13-19)10-16(18)12-17/h2-4,6-7,10-12H,5,8-9,13,19H2,1H3. The highest BCUT2D eigenvalue weighted by molar-refractivity contribution is 5.48. The van der Waals surface area contributed by atoms with Gasteiger partial charge in [0.2, 0.25) is 0 Å². The van der Waals surface area contributed by atoms with Crippen molar-refractivity contribution in [2.45, 2.75) is 19.4 Å². The summed E-state index contributed by atoms with van der Waals surface area (Å²) in [6.07, 6.45) is 2.07. The van der Waals surface area contributed by atoms with Gasteiger partial charge in [-0.2, -0.15) is 0 Å². The minimum Gasteiger partial charge on any atom is -0.374 e. The van der Waals surface area contributed by atoms with E-state index in [1.807, 2.05) is 19.2 Å². The highest BCUT2D eigenvalue weighted by Gasteiger charge is 2.05. The lowest BCUT2D eigenvalue weighted by molar-refractivity contribution is 0.624. The minimum atomic E-state index is -0.224. The molecule has 106 valence electrons. The number of hydrogen-bond donors (Lipinski definition) is 1. The first-order chi connectivity index (χ1) is 9.69. The van der Waals surface area contributed by atoms with Crippen molar-refractivity contribution in [2.24, 2.45) is 5.73 Å². The van der Waals surface area contributed by atoms with Gasteiger partial charge in [-0.1, -0.05) is 30.3 Å². The average molecular weight is 272 g/mol. The van der Waals surface area contributed by atoms with Crippen molar-refractivity contribution in [1.82, 2.24) is 0 Å². The molecule has 2 N–H and O–H groups in total. The van der Waals surface area contributed by atoms with Gasteiger partial charge >= 0.3 is 0 Å². The van der Waals surface area contributed by atoms with Gasteiger partial charge in [0, 0.05) is 25.8 Å². The monoisotopic (exact) mass is 272 g/mol. The first kappa shape index (κ1) is 14.5. The predicted molar refractivity (Wildman–Crippen MR) is 82.3 cm³/mol. The zero-order chi connectivity index (χ0) is 14.4. The third kappa shape index (κ3) is 4.07. The molecule has 3 heteroatoms. The van der Waals surface area contributed by atoms with Gasteiger partial charge in [0.1, 0.15) is 5.82 Å². The molecule has 0 unspecified atom stereocenters. The fourth-order valence-electron chi connectivity index (χ4n) is 2.27. The Morgan fingerprint density at radius 2 is 1.80 bits per heavy atom. The molecule has 2 aromatic carbocycles. The van der Waals surface area contributed by atoms with Crippen LogP contribution in [0.15, 0.2) is 48.5 Å². The molecule has 2 aromatic rings. The van der Waals surface area contributed by atoms with Crippen molar-refractivity contribution in [2.75, 3.05) is 18.5 Å². The second kappa shape index (κ2) is 7.06. The maximum Gasteiger partial charge on any atom is 0.125 e. The summed E-state index contributed by atoms with van der Waals surface area (Å²) in [6, 6.07) is 15.4. The van der Waals surface area contributed by atoms with Crippen LogP contribution >= 0.6 is 0 Å². The SMILES string of the molecule is CN(CCCc1ccccc1)c1cc(F)cc(CN)c1. The molecule has 0 aromatic heterocycles. The molecule has 0 radical (unpaired) electrons. The Morgan fingerprint density at radius 1 is 1.05 bits per heavy atom. The van der Waals surface area contributed by atoms with Crippen molar-refractivity contribution in [1.29, 1.82) is 0 Å². The van der Waals surface area contributed by atoms with Gasteiger partial charge in [0.15, 0.2) is 0 Å². The fraction of sp³-hybridized carbons (Fsp3) is 0.294. The summed E-state index contributed by atoms with van der Waals surface area (Å²) in [5, 5.41) is 0. The van der Waals surface area contributed by atoms with Gasteiger partial charge < -0.3 is 10.6 Å². The van der Waals surface area contributed by atoms with Crippen molar-refractivity contribution >= 4 is 5.69 Å². The summed E-state index contributed by atoms with van der Waals surface area (Å²) in [4.78, 5) is 2.07. The van der Waals surface area contributed by atoms with Gasteiger partial charge in [0.25, 0.3) is 0 Å². The smallest absolute Gasteiger partial charge is 0.125 e. The lowest BCUT2D eigenvalue weighted by Gasteiger charge is -2.20. The summed E-state index contributed by atoms with van der Waals surface area (Å²) in [7, 11) is 1.99. The number of hydrogen-bond acceptors (Lipinski definition) is 2. The largest absolute Gasteiger partial charge is 0.374 e. The summed E-state index contributed by atoms with van der Waals surface area (Å²) < 4.78 is 13.5. The van der Waals surface area contributed by atoms with E-state index >= 15 is 0 Å². The Bertz CT molecular complexity index is 540. The first-order valence-electron chi connectivity index (χ1n) is 6.93. The van der Waals surface area contributed by atoms with E-state index in [1.54, 1.807) is 6.07 Å². The number of benzene rings is 2. The van der Waals surface area contributed by atoms with Crippen LogP contribution in [0.3, 0.4) is 0 Å². The molecule has 0 heterocycles. The van der Waals surface area contributed by atoms with Crippen molar-refractivity contribution in [3.8, 4) is 0 Å². The Kier molecular flexibility index (Phi) is 5.13. The molecule has 0 bridgehead atoms. The number of halogens is 1. The van der Waals surface area contributed by atoms with Crippen LogP contribution in [-0.2, 0) is 13.0 Å². The van der Waals surface area contributed by atoms with Crippen LogP contribution < -0.4 is 10.6 Å². The third-order valence-corrected chi connectivity index (χ3v) is 3.42. The van der Waals surface area contributed by atoms with Crippen LogP contribution in [0.1, 0.15) is 17.5 Å². The Balaban J connectivity index is 1.91. The topological polar surface area (TPSA) is 29.3 Å². The lowest BCUT2D eigenvalue weighted by Crippen LogP contribution is -2.19. The minimum absolute atomic E-state index is 0.224. The fourth-order valence-corrected chi connectivity index (χ4v) is 2.27. The molecule has 0 atom stereocenters. The lowest BCUT2D eigenvalue weighted by atomic mass is 10.1. The molecule has 0 aliphatic carbocycles. The van der Waals surface area contributed by atoms with Crippen molar-refractivity contribution < 1.29 is 4.39 Å². The zero-order valence-corrected chi connectivity index (χ0v) is 11.8.